The van der Waals surface area contributed by atoms with Crippen LogP contribution in [0.1, 0.15) is 5.56 Å². The summed E-state index contributed by atoms with van der Waals surface area (Å²) in [6, 6.07) is 4.23. The van der Waals surface area contributed by atoms with Crippen LogP contribution in [0.15, 0.2) is 24.3 Å². The molecule has 0 bridgehead atoms. The van der Waals surface area contributed by atoms with Crippen molar-refractivity contribution in [3.05, 3.63) is 35.7 Å². The maximum absolute atomic E-state index is 13.5. The molecule has 4 nitrogen and oxygen atoms in total. The van der Waals surface area contributed by atoms with Gasteiger partial charge in [0.2, 0.25) is 0 Å². The number of hydrogen-bond acceptors (Lipinski definition) is 3. The minimum absolute atomic E-state index is 0.120. The van der Waals surface area contributed by atoms with Crippen LogP contribution in [0, 0.1) is 5.82 Å². The minimum Gasteiger partial charge on any atom is -0.488 e. The molecule has 1 aromatic rings. The first kappa shape index (κ1) is 13.2. The molecule has 5 heteroatoms. The van der Waals surface area contributed by atoms with Crippen molar-refractivity contribution in [2.75, 3.05) is 20.3 Å². The number of carboxylic acids is 1. The van der Waals surface area contributed by atoms with E-state index in [2.05, 4.69) is 0 Å². The maximum atomic E-state index is 13.5. The standard InChI is InChI=1S/C12H13FO4/c1-16-6-7-17-11-4-2-9(8-10(11)13)3-5-12(14)15/h2-5,8H,6-7H2,1H3,(H,14,15)/b5-3+. The van der Waals surface area contributed by atoms with Gasteiger partial charge in [0, 0.05) is 13.2 Å². The predicted octanol–water partition coefficient (Wildman–Crippen LogP) is 1.95. The fourth-order valence-electron chi connectivity index (χ4n) is 1.14. The molecule has 0 aliphatic rings. The van der Waals surface area contributed by atoms with Gasteiger partial charge in [0.05, 0.1) is 6.61 Å². The van der Waals surface area contributed by atoms with Gasteiger partial charge in [-0.15, -0.1) is 0 Å². The molecule has 17 heavy (non-hydrogen) atoms. The van der Waals surface area contributed by atoms with E-state index in [1.54, 1.807) is 6.07 Å². The van der Waals surface area contributed by atoms with Gasteiger partial charge in [0.15, 0.2) is 11.6 Å². The van der Waals surface area contributed by atoms with Crippen molar-refractivity contribution in [2.24, 2.45) is 0 Å². The van der Waals surface area contributed by atoms with Gasteiger partial charge in [-0.25, -0.2) is 9.18 Å². The number of rotatable bonds is 6. The highest BCUT2D eigenvalue weighted by Crippen LogP contribution is 2.18. The van der Waals surface area contributed by atoms with Gasteiger partial charge in [-0.05, 0) is 23.8 Å². The van der Waals surface area contributed by atoms with Crippen LogP contribution in [0.5, 0.6) is 5.75 Å². The van der Waals surface area contributed by atoms with Gasteiger partial charge in [-0.2, -0.15) is 0 Å². The van der Waals surface area contributed by atoms with Crippen LogP contribution < -0.4 is 4.74 Å². The van der Waals surface area contributed by atoms with Crippen molar-refractivity contribution in [1.29, 1.82) is 0 Å². The van der Waals surface area contributed by atoms with Crippen molar-refractivity contribution < 1.29 is 23.8 Å². The van der Waals surface area contributed by atoms with Crippen molar-refractivity contribution in [3.63, 3.8) is 0 Å². The van der Waals surface area contributed by atoms with E-state index < -0.39 is 11.8 Å². The number of carbonyl (C=O) groups is 1. The molecule has 0 radical (unpaired) electrons. The lowest BCUT2D eigenvalue weighted by atomic mass is 10.2. The summed E-state index contributed by atoms with van der Waals surface area (Å²) >= 11 is 0. The lowest BCUT2D eigenvalue weighted by Crippen LogP contribution is -2.05. The number of hydrogen-bond donors (Lipinski definition) is 1. The smallest absolute Gasteiger partial charge is 0.328 e. The van der Waals surface area contributed by atoms with Gasteiger partial charge in [-0.3, -0.25) is 0 Å². The topological polar surface area (TPSA) is 55.8 Å². The monoisotopic (exact) mass is 240 g/mol. The van der Waals surface area contributed by atoms with Crippen molar-refractivity contribution in [1.82, 2.24) is 0 Å². The summed E-state index contributed by atoms with van der Waals surface area (Å²) < 4.78 is 23.3. The molecule has 0 fully saturated rings. The summed E-state index contributed by atoms with van der Waals surface area (Å²) in [4.78, 5) is 10.3. The minimum atomic E-state index is -1.08. The number of methoxy groups -OCH3 is 1. The molecular weight excluding hydrogens is 227 g/mol. The van der Waals surface area contributed by atoms with Crippen LogP contribution in [0.2, 0.25) is 0 Å². The van der Waals surface area contributed by atoms with Gasteiger partial charge in [-0.1, -0.05) is 6.07 Å². The summed E-state index contributed by atoms with van der Waals surface area (Å²) in [5, 5.41) is 8.42. The Hall–Kier alpha value is -1.88. The molecule has 0 saturated carbocycles. The van der Waals surface area contributed by atoms with E-state index in [0.29, 0.717) is 12.2 Å². The quantitative estimate of drug-likeness (QED) is 0.610. The van der Waals surface area contributed by atoms with E-state index in [0.717, 1.165) is 6.08 Å². The SMILES string of the molecule is COCCOc1ccc(/C=C/C(=O)O)cc1F. The summed E-state index contributed by atoms with van der Waals surface area (Å²) in [6.45, 7) is 0.637. The average Bonchev–Trinajstić information content (AvgIpc) is 2.29. The van der Waals surface area contributed by atoms with Crippen LogP contribution in [0.3, 0.4) is 0 Å². The molecule has 92 valence electrons. The third-order valence-electron chi connectivity index (χ3n) is 1.92. The highest BCUT2D eigenvalue weighted by Gasteiger charge is 2.03. The van der Waals surface area contributed by atoms with Crippen LogP contribution in [-0.2, 0) is 9.53 Å². The number of halogens is 1. The van der Waals surface area contributed by atoms with E-state index in [4.69, 9.17) is 14.6 Å². The maximum Gasteiger partial charge on any atom is 0.328 e. The lowest BCUT2D eigenvalue weighted by molar-refractivity contribution is -0.131. The molecule has 1 N–H and O–H groups in total. The number of carboxylic acid groups (broad SMARTS) is 1. The van der Waals surface area contributed by atoms with E-state index in [9.17, 15) is 9.18 Å². The van der Waals surface area contributed by atoms with E-state index in [1.165, 1.54) is 25.3 Å². The van der Waals surface area contributed by atoms with Crippen molar-refractivity contribution in [2.45, 2.75) is 0 Å². The Kier molecular flexibility index (Phi) is 5.16. The Morgan fingerprint density at radius 1 is 1.47 bits per heavy atom. The van der Waals surface area contributed by atoms with Crippen molar-refractivity contribution in [3.8, 4) is 5.75 Å². The zero-order chi connectivity index (χ0) is 12.7. The molecule has 0 atom stereocenters. The molecule has 0 saturated heterocycles. The third kappa shape index (κ3) is 4.65. The first-order valence-electron chi connectivity index (χ1n) is 4.96. The zero-order valence-electron chi connectivity index (χ0n) is 9.35. The zero-order valence-corrected chi connectivity index (χ0v) is 9.35. The van der Waals surface area contributed by atoms with Gasteiger partial charge in [0.1, 0.15) is 6.61 Å². The Balaban J connectivity index is 2.69. The van der Waals surface area contributed by atoms with Gasteiger partial charge >= 0.3 is 5.97 Å². The summed E-state index contributed by atoms with van der Waals surface area (Å²) in [5.74, 6) is -1.49. The molecule has 0 heterocycles. The van der Waals surface area contributed by atoms with Crippen LogP contribution in [-0.4, -0.2) is 31.4 Å². The summed E-state index contributed by atoms with van der Waals surface area (Å²) in [6.07, 6.45) is 2.25. The van der Waals surface area contributed by atoms with E-state index in [1.807, 2.05) is 0 Å². The Morgan fingerprint density at radius 2 is 2.24 bits per heavy atom. The molecule has 0 aromatic heterocycles. The molecule has 0 spiro atoms. The third-order valence-corrected chi connectivity index (χ3v) is 1.92. The van der Waals surface area contributed by atoms with E-state index >= 15 is 0 Å². The second kappa shape index (κ2) is 6.65. The summed E-state index contributed by atoms with van der Waals surface area (Å²) in [5.41, 5.74) is 0.462. The molecule has 1 rings (SSSR count). The Labute approximate surface area is 98.3 Å². The van der Waals surface area contributed by atoms with Gasteiger partial charge < -0.3 is 14.6 Å². The lowest BCUT2D eigenvalue weighted by Gasteiger charge is -2.06. The Morgan fingerprint density at radius 3 is 2.82 bits per heavy atom. The first-order chi connectivity index (χ1) is 8.13. The number of aliphatic carboxylic acids is 1. The molecule has 0 unspecified atom stereocenters. The highest BCUT2D eigenvalue weighted by atomic mass is 19.1. The molecule has 1 aromatic carbocycles. The van der Waals surface area contributed by atoms with Crippen LogP contribution in [0.25, 0.3) is 6.08 Å². The van der Waals surface area contributed by atoms with Crippen LogP contribution >= 0.6 is 0 Å². The fraction of sp³-hybridized carbons (Fsp3) is 0.250. The fourth-order valence-corrected chi connectivity index (χ4v) is 1.14. The Bertz CT molecular complexity index is 415. The second-order valence-electron chi connectivity index (χ2n) is 3.20. The molecule has 0 aliphatic heterocycles. The number of benzene rings is 1. The van der Waals surface area contributed by atoms with Crippen LogP contribution in [0.4, 0.5) is 4.39 Å². The normalized spacial score (nSPS) is 10.7. The number of ether oxygens (including phenoxy) is 2. The second-order valence-corrected chi connectivity index (χ2v) is 3.20. The van der Waals surface area contributed by atoms with Gasteiger partial charge in [0.25, 0.3) is 0 Å². The largest absolute Gasteiger partial charge is 0.488 e. The summed E-state index contributed by atoms with van der Waals surface area (Å²) in [7, 11) is 1.53. The molecular formula is C12H13FO4. The molecule has 0 amide bonds. The first-order valence-corrected chi connectivity index (χ1v) is 4.96. The molecule has 0 aliphatic carbocycles. The predicted molar refractivity (Wildman–Crippen MR) is 60.4 cm³/mol. The average molecular weight is 240 g/mol. The highest BCUT2D eigenvalue weighted by molar-refractivity contribution is 5.85. The van der Waals surface area contributed by atoms with Crippen molar-refractivity contribution >= 4 is 12.0 Å². The van der Waals surface area contributed by atoms with E-state index in [-0.39, 0.29) is 12.4 Å².